The van der Waals surface area contributed by atoms with Crippen molar-refractivity contribution < 1.29 is 32.3 Å². The van der Waals surface area contributed by atoms with Crippen molar-refractivity contribution >= 4 is 27.8 Å². The summed E-state index contributed by atoms with van der Waals surface area (Å²) in [6, 6.07) is 6.79. The minimum atomic E-state index is -3.71. The number of hydrogen-bond acceptors (Lipinski definition) is 7. The number of ether oxygens (including phenoxy) is 2. The molecule has 2 fully saturated rings. The smallest absolute Gasteiger partial charge is 0.410 e. The van der Waals surface area contributed by atoms with E-state index in [1.54, 1.807) is 25.1 Å². The van der Waals surface area contributed by atoms with Crippen molar-refractivity contribution in [2.45, 2.75) is 36.7 Å². The summed E-state index contributed by atoms with van der Waals surface area (Å²) in [4.78, 5) is 39.7. The first-order valence-electron chi connectivity index (χ1n) is 9.50. The Morgan fingerprint density at radius 2 is 1.83 bits per heavy atom. The largest absolute Gasteiger partial charge is 0.464 e. The highest BCUT2D eigenvalue weighted by molar-refractivity contribution is 7.92. The number of sulfone groups is 1. The Balaban J connectivity index is 1.59. The first-order valence-corrected chi connectivity index (χ1v) is 11.2. The van der Waals surface area contributed by atoms with Crippen LogP contribution in [0.4, 0.5) is 4.79 Å². The standard InChI is InChI=1S/C19H24N2O7S/c1-2-27-18(23)16-12-28-19(24)21(16)14-8-10-20(11-9-14)17(22)13-29(25,26)15-6-4-3-5-7-15/h3-7,14,16H,2,8-13H2,1H3/t16-/m0/s1. The number of benzene rings is 1. The normalized spacial score (nSPS) is 20.4. The number of cyclic esters (lactones) is 1. The summed E-state index contributed by atoms with van der Waals surface area (Å²) in [6.07, 6.45) is 0.295. The molecule has 2 aliphatic heterocycles. The maximum absolute atomic E-state index is 12.5. The second-order valence-electron chi connectivity index (χ2n) is 6.94. The summed E-state index contributed by atoms with van der Waals surface area (Å²) >= 11 is 0. The molecule has 2 amide bonds. The lowest BCUT2D eigenvalue weighted by atomic mass is 10.0. The van der Waals surface area contributed by atoms with Gasteiger partial charge in [0.1, 0.15) is 12.4 Å². The van der Waals surface area contributed by atoms with Crippen LogP contribution in [0.5, 0.6) is 0 Å². The van der Waals surface area contributed by atoms with Crippen molar-refractivity contribution in [3.63, 3.8) is 0 Å². The molecule has 9 nitrogen and oxygen atoms in total. The molecule has 0 N–H and O–H groups in total. The second-order valence-corrected chi connectivity index (χ2v) is 8.93. The number of nitrogens with zero attached hydrogens (tertiary/aromatic N) is 2. The molecule has 0 spiro atoms. The van der Waals surface area contributed by atoms with E-state index in [4.69, 9.17) is 9.47 Å². The van der Waals surface area contributed by atoms with E-state index in [0.29, 0.717) is 25.9 Å². The van der Waals surface area contributed by atoms with Gasteiger partial charge in [-0.3, -0.25) is 9.69 Å². The molecule has 2 saturated heterocycles. The molecule has 2 aliphatic rings. The zero-order valence-corrected chi connectivity index (χ0v) is 17.0. The Kier molecular flexibility index (Phi) is 6.41. The number of amides is 2. The fourth-order valence-electron chi connectivity index (χ4n) is 3.61. The topological polar surface area (TPSA) is 110 Å². The molecule has 158 valence electrons. The van der Waals surface area contributed by atoms with Crippen LogP contribution in [0.2, 0.25) is 0 Å². The van der Waals surface area contributed by atoms with Gasteiger partial charge in [0.25, 0.3) is 0 Å². The summed E-state index contributed by atoms with van der Waals surface area (Å²) in [5, 5.41) is 0. The van der Waals surface area contributed by atoms with Crippen molar-refractivity contribution in [1.29, 1.82) is 0 Å². The van der Waals surface area contributed by atoms with Gasteiger partial charge in [0, 0.05) is 19.1 Å². The van der Waals surface area contributed by atoms with Gasteiger partial charge in [0.05, 0.1) is 11.5 Å². The summed E-state index contributed by atoms with van der Waals surface area (Å²) < 4.78 is 34.8. The Hall–Kier alpha value is -2.62. The first-order chi connectivity index (χ1) is 13.8. The number of hydrogen-bond donors (Lipinski definition) is 0. The maximum Gasteiger partial charge on any atom is 0.410 e. The second kappa shape index (κ2) is 8.81. The van der Waals surface area contributed by atoms with E-state index in [9.17, 15) is 22.8 Å². The van der Waals surface area contributed by atoms with Crippen molar-refractivity contribution in [3.8, 4) is 0 Å². The summed E-state index contributed by atoms with van der Waals surface area (Å²) in [5.74, 6) is -1.58. The summed E-state index contributed by atoms with van der Waals surface area (Å²) in [7, 11) is -3.71. The SMILES string of the molecule is CCOC(=O)[C@@H]1COC(=O)N1C1CCN(C(=O)CS(=O)(=O)c2ccccc2)CC1. The zero-order valence-electron chi connectivity index (χ0n) is 16.2. The molecule has 2 heterocycles. The van der Waals surface area contributed by atoms with Gasteiger partial charge in [-0.15, -0.1) is 0 Å². The summed E-state index contributed by atoms with van der Waals surface area (Å²) in [5.41, 5.74) is 0. The molecule has 3 rings (SSSR count). The average molecular weight is 424 g/mol. The molecule has 1 aromatic carbocycles. The third-order valence-electron chi connectivity index (χ3n) is 5.10. The fraction of sp³-hybridized carbons (Fsp3) is 0.526. The highest BCUT2D eigenvalue weighted by Crippen LogP contribution is 2.25. The van der Waals surface area contributed by atoms with Crippen molar-refractivity contribution in [2.75, 3.05) is 32.1 Å². The lowest BCUT2D eigenvalue weighted by Crippen LogP contribution is -2.52. The van der Waals surface area contributed by atoms with Gasteiger partial charge >= 0.3 is 12.1 Å². The molecule has 0 aromatic heterocycles. The van der Waals surface area contributed by atoms with Crippen LogP contribution < -0.4 is 0 Å². The predicted octanol–water partition coefficient (Wildman–Crippen LogP) is 0.835. The van der Waals surface area contributed by atoms with Crippen molar-refractivity contribution in [2.24, 2.45) is 0 Å². The van der Waals surface area contributed by atoms with Crippen LogP contribution in [-0.2, 0) is 28.9 Å². The Morgan fingerprint density at radius 3 is 2.45 bits per heavy atom. The highest BCUT2D eigenvalue weighted by atomic mass is 32.2. The Morgan fingerprint density at radius 1 is 1.17 bits per heavy atom. The minimum Gasteiger partial charge on any atom is -0.464 e. The molecule has 0 aliphatic carbocycles. The third-order valence-corrected chi connectivity index (χ3v) is 6.71. The number of carbonyl (C=O) groups is 3. The summed E-state index contributed by atoms with van der Waals surface area (Å²) in [6.45, 7) is 2.44. The first kappa shape index (κ1) is 21.1. The van der Waals surface area contributed by atoms with E-state index >= 15 is 0 Å². The molecule has 0 unspecified atom stereocenters. The molecule has 1 aromatic rings. The van der Waals surface area contributed by atoms with E-state index in [-0.39, 0.29) is 24.2 Å². The quantitative estimate of drug-likeness (QED) is 0.622. The van der Waals surface area contributed by atoms with Crippen LogP contribution in [0.1, 0.15) is 19.8 Å². The molecular formula is C19H24N2O7S. The number of carbonyl (C=O) groups excluding carboxylic acids is 3. The van der Waals surface area contributed by atoms with Crippen LogP contribution in [0.25, 0.3) is 0 Å². The average Bonchev–Trinajstić information content (AvgIpc) is 3.10. The van der Waals surface area contributed by atoms with Crippen LogP contribution in [0.15, 0.2) is 35.2 Å². The molecule has 1 atom stereocenters. The van der Waals surface area contributed by atoms with E-state index < -0.39 is 39.6 Å². The fourth-order valence-corrected chi connectivity index (χ4v) is 4.86. The third kappa shape index (κ3) is 4.69. The highest BCUT2D eigenvalue weighted by Gasteiger charge is 2.44. The van der Waals surface area contributed by atoms with Gasteiger partial charge in [0.2, 0.25) is 5.91 Å². The van der Waals surface area contributed by atoms with Crippen molar-refractivity contribution in [3.05, 3.63) is 30.3 Å². The van der Waals surface area contributed by atoms with E-state index in [2.05, 4.69) is 0 Å². The van der Waals surface area contributed by atoms with Gasteiger partial charge in [-0.05, 0) is 31.9 Å². The van der Waals surface area contributed by atoms with E-state index in [1.165, 1.54) is 21.9 Å². The lowest BCUT2D eigenvalue weighted by Gasteiger charge is -2.37. The molecule has 0 radical (unpaired) electrons. The van der Waals surface area contributed by atoms with Gasteiger partial charge < -0.3 is 14.4 Å². The van der Waals surface area contributed by atoms with Crippen LogP contribution in [0.3, 0.4) is 0 Å². The molecular weight excluding hydrogens is 400 g/mol. The molecule has 0 bridgehead atoms. The number of likely N-dealkylation sites (tertiary alicyclic amines) is 1. The molecule has 29 heavy (non-hydrogen) atoms. The lowest BCUT2D eigenvalue weighted by molar-refractivity contribution is -0.148. The van der Waals surface area contributed by atoms with Gasteiger partial charge in [-0.25, -0.2) is 18.0 Å². The number of piperidine rings is 1. The van der Waals surface area contributed by atoms with E-state index in [0.717, 1.165) is 0 Å². The predicted molar refractivity (Wildman–Crippen MR) is 102 cm³/mol. The van der Waals surface area contributed by atoms with Crippen LogP contribution >= 0.6 is 0 Å². The van der Waals surface area contributed by atoms with Gasteiger partial charge in [-0.2, -0.15) is 0 Å². The van der Waals surface area contributed by atoms with Gasteiger partial charge in [0.15, 0.2) is 15.9 Å². The maximum atomic E-state index is 12.5. The zero-order chi connectivity index (χ0) is 21.0. The van der Waals surface area contributed by atoms with Crippen molar-refractivity contribution in [1.82, 2.24) is 9.80 Å². The van der Waals surface area contributed by atoms with Crippen LogP contribution in [0, 0.1) is 0 Å². The number of esters is 1. The van der Waals surface area contributed by atoms with E-state index in [1.807, 2.05) is 0 Å². The Labute approximate surface area is 169 Å². The van der Waals surface area contributed by atoms with Gasteiger partial charge in [-0.1, -0.05) is 18.2 Å². The van der Waals surface area contributed by atoms with Crippen LogP contribution in [-0.4, -0.2) is 80.3 Å². The molecule has 10 heteroatoms. The minimum absolute atomic E-state index is 0.0495. The Bertz CT molecular complexity index is 864. The molecule has 0 saturated carbocycles. The monoisotopic (exact) mass is 424 g/mol. The number of rotatable bonds is 6.